The molecule has 0 aromatic carbocycles. The maximum absolute atomic E-state index is 12.0. The number of hydrogen-bond acceptors (Lipinski definition) is 6. The zero-order valence-electron chi connectivity index (χ0n) is 24.6. The van der Waals surface area contributed by atoms with Gasteiger partial charge in [0.25, 0.3) is 0 Å². The molecule has 1 atom stereocenters. The summed E-state index contributed by atoms with van der Waals surface area (Å²) in [5, 5.41) is 3.25. The number of carbonyl (C=O) groups is 2. The summed E-state index contributed by atoms with van der Waals surface area (Å²) in [6.45, 7) is 8.15. The van der Waals surface area contributed by atoms with Gasteiger partial charge in [-0.2, -0.15) is 0 Å². The zero-order valence-corrected chi connectivity index (χ0v) is 26.0. The van der Waals surface area contributed by atoms with Crippen molar-refractivity contribution in [3.63, 3.8) is 0 Å². The number of rotatable bonds is 6. The molecule has 0 N–H and O–H groups in total. The van der Waals surface area contributed by atoms with E-state index in [2.05, 4.69) is 13.0 Å². The summed E-state index contributed by atoms with van der Waals surface area (Å²) >= 11 is 1.06. The van der Waals surface area contributed by atoms with E-state index in [1.54, 1.807) is 0 Å². The van der Waals surface area contributed by atoms with Crippen LogP contribution >= 0.6 is 0 Å². The Balaban J connectivity index is 0.00000198. The molecule has 9 nitrogen and oxygen atoms in total. The van der Waals surface area contributed by atoms with E-state index in [-0.39, 0.29) is 30.7 Å². The molecule has 42 heavy (non-hydrogen) atoms. The van der Waals surface area contributed by atoms with Gasteiger partial charge in [0.2, 0.25) is 0 Å². The normalized spacial score (nSPS) is 18.5. The Morgan fingerprint density at radius 3 is 2.26 bits per heavy atom. The van der Waals surface area contributed by atoms with Crippen molar-refractivity contribution < 1.29 is 40.1 Å². The first-order valence-corrected chi connectivity index (χ1v) is 14.2. The fourth-order valence-electron chi connectivity index (χ4n) is 5.35. The molecule has 0 aliphatic carbocycles. The molecular weight excluding hydrogens is 571 g/mol. The van der Waals surface area contributed by atoms with Crippen molar-refractivity contribution in [3.05, 3.63) is 78.4 Å². The Morgan fingerprint density at radius 1 is 0.833 bits per heavy atom. The number of ether oxygens (including phenoxy) is 2. The van der Waals surface area contributed by atoms with Gasteiger partial charge in [0.05, 0.1) is 19.9 Å². The quantitative estimate of drug-likeness (QED) is 0.382. The number of hydrogen-bond donors (Lipinski definition) is 0. The number of carbonyl (C=O) groups excluding carboxylic acids is 2. The maximum atomic E-state index is 12.0. The molecule has 1 unspecified atom stereocenters. The van der Waals surface area contributed by atoms with Gasteiger partial charge in [0, 0.05) is 24.5 Å². The Bertz CT molecular complexity index is 1840. The molecule has 0 saturated heterocycles. The van der Waals surface area contributed by atoms with Crippen LogP contribution in [0, 0.1) is 26.7 Å². The van der Waals surface area contributed by atoms with Crippen LogP contribution in [0.15, 0.2) is 28.4 Å². The Kier molecular flexibility index (Phi) is 9.86. The van der Waals surface area contributed by atoms with Crippen LogP contribution < -0.4 is 36.3 Å². The molecule has 0 amide bonds. The summed E-state index contributed by atoms with van der Waals surface area (Å²) in [5.41, 5.74) is 8.46. The summed E-state index contributed by atoms with van der Waals surface area (Å²) in [5.74, 6) is -0.614. The molecule has 0 radical (unpaired) electrons. The number of aromatic nitrogens is 3. The molecule has 10 heteroatoms. The van der Waals surface area contributed by atoms with Gasteiger partial charge in [-0.15, -0.1) is 32.8 Å². The molecule has 3 aromatic heterocycles. The van der Waals surface area contributed by atoms with Gasteiger partial charge in [-0.3, -0.25) is 14.6 Å². The Morgan fingerprint density at radius 2 is 1.55 bits per heavy atom. The van der Waals surface area contributed by atoms with Crippen LogP contribution in [0.1, 0.15) is 59.8 Å². The molecule has 5 rings (SSSR count). The van der Waals surface area contributed by atoms with E-state index in [0.29, 0.717) is 12.8 Å². The van der Waals surface area contributed by atoms with Crippen LogP contribution in [-0.4, -0.2) is 31.9 Å². The number of allylic oxidation sites excluding steroid dienone is 2. The van der Waals surface area contributed by atoms with Crippen LogP contribution in [0.3, 0.4) is 0 Å². The first kappa shape index (κ1) is 31.0. The van der Waals surface area contributed by atoms with E-state index in [0.717, 1.165) is 89.4 Å². The molecule has 219 valence electrons. The van der Waals surface area contributed by atoms with Crippen LogP contribution in [0.4, 0.5) is 0 Å². The van der Waals surface area contributed by atoms with Gasteiger partial charge < -0.3 is 24.4 Å². The summed E-state index contributed by atoms with van der Waals surface area (Å²) in [6.07, 6.45) is 9.56. The Hall–Kier alpha value is -3.95. The van der Waals surface area contributed by atoms with Crippen molar-refractivity contribution in [2.24, 2.45) is 10.9 Å². The van der Waals surface area contributed by atoms with Crippen LogP contribution in [0.25, 0.3) is 24.3 Å². The summed E-state index contributed by atoms with van der Waals surface area (Å²) < 4.78 is 18.0. The fraction of sp³-hybridized carbons (Fsp3) is 0.344. The summed E-state index contributed by atoms with van der Waals surface area (Å²) in [4.78, 5) is 43.8. The first-order chi connectivity index (χ1) is 20.2. The van der Waals surface area contributed by atoms with Gasteiger partial charge in [0.15, 0.2) is 0 Å². The van der Waals surface area contributed by atoms with E-state index in [4.69, 9.17) is 33.1 Å². The second kappa shape index (κ2) is 13.4. The standard InChI is InChI=1S/C32H33N4O4.O.V/c1-17-11-22-14-27-19(3)23(7-9-31(37)39-5)29(35-27)16-30-24(8-10-32(38)40-6)20(4)28(36-30)15-26-18(2)12-21(34-26)13-25(17)33-22;;/h11-16,24H,7-10H2,1-6H3;;/q-3;;/b26-15-;;. The van der Waals surface area contributed by atoms with Crippen molar-refractivity contribution in [1.82, 2.24) is 15.0 Å². The SMILES string of the molecule is COC(=O)CCc1c(C)/c2[n-]/c1=C\C1=NC(=C(C)C1CCC(=O)OC)/C=c1\[n-]/c(cc1C)=C\c1[n-]c(cc1C)\C=2.[O]=[V]. The van der Waals surface area contributed by atoms with Crippen molar-refractivity contribution in [2.75, 3.05) is 14.2 Å². The molecule has 0 fully saturated rings. The molecule has 0 spiro atoms. The van der Waals surface area contributed by atoms with Crippen molar-refractivity contribution in [1.29, 1.82) is 0 Å². The summed E-state index contributed by atoms with van der Waals surface area (Å²) in [6, 6.07) is 4.10. The molecule has 3 aromatic rings. The van der Waals surface area contributed by atoms with E-state index in [1.807, 2.05) is 51.1 Å². The number of aryl methyl sites for hydroxylation is 2. The second-order valence-corrected chi connectivity index (χ2v) is 10.4. The monoisotopic (exact) mass is 604 g/mol. The average molecular weight is 605 g/mol. The number of aliphatic imine (C=N–C) groups is 1. The fourth-order valence-corrected chi connectivity index (χ4v) is 5.35. The van der Waals surface area contributed by atoms with Gasteiger partial charge in [-0.05, 0) is 46.1 Å². The van der Waals surface area contributed by atoms with Crippen LogP contribution in [0.2, 0.25) is 0 Å². The minimum absolute atomic E-state index is 0.0817. The molecule has 8 bridgehead atoms. The molecule has 2 aliphatic rings. The minimum atomic E-state index is -0.274. The van der Waals surface area contributed by atoms with Crippen molar-refractivity contribution >= 4 is 42.0 Å². The predicted molar refractivity (Wildman–Crippen MR) is 154 cm³/mol. The van der Waals surface area contributed by atoms with Crippen molar-refractivity contribution in [3.8, 4) is 0 Å². The third-order valence-corrected chi connectivity index (χ3v) is 7.76. The number of methoxy groups -OCH3 is 2. The second-order valence-electron chi connectivity index (χ2n) is 10.4. The molecule has 2 aliphatic heterocycles. The zero-order chi connectivity index (χ0) is 30.6. The Labute approximate surface area is 253 Å². The number of esters is 2. The summed E-state index contributed by atoms with van der Waals surface area (Å²) in [7, 11) is 2.80. The third-order valence-electron chi connectivity index (χ3n) is 7.76. The van der Waals surface area contributed by atoms with E-state index in [1.165, 1.54) is 14.2 Å². The van der Waals surface area contributed by atoms with Gasteiger partial charge in [-0.1, -0.05) is 58.7 Å². The number of fused-ring (bicyclic) bond motifs is 7. The van der Waals surface area contributed by atoms with Gasteiger partial charge in [0.1, 0.15) is 0 Å². The topological polar surface area (TPSA) is 124 Å². The average Bonchev–Trinajstić information content (AvgIpc) is 3.67. The van der Waals surface area contributed by atoms with Crippen molar-refractivity contribution in [2.45, 2.75) is 53.4 Å². The van der Waals surface area contributed by atoms with E-state index < -0.39 is 0 Å². The van der Waals surface area contributed by atoms with Gasteiger partial charge in [-0.25, -0.2) is 0 Å². The number of nitrogens with zero attached hydrogens (tertiary/aromatic N) is 4. The molecule has 5 heterocycles. The van der Waals surface area contributed by atoms with Gasteiger partial charge >= 0.3 is 33.0 Å². The first-order valence-electron chi connectivity index (χ1n) is 13.6. The van der Waals surface area contributed by atoms with Crippen LogP contribution in [0.5, 0.6) is 0 Å². The molecular formula is C32H33N4O5V-3. The van der Waals surface area contributed by atoms with E-state index >= 15 is 0 Å². The third kappa shape index (κ3) is 6.58. The molecule has 0 saturated carbocycles. The van der Waals surface area contributed by atoms with E-state index in [9.17, 15) is 9.59 Å². The predicted octanol–water partition coefficient (Wildman–Crippen LogP) is 0.998. The van der Waals surface area contributed by atoms with Crippen LogP contribution in [-0.2, 0) is 46.5 Å².